The Kier molecular flexibility index (Phi) is 7.45. The van der Waals surface area contributed by atoms with Crippen molar-refractivity contribution < 1.29 is 37.0 Å². The van der Waals surface area contributed by atoms with Crippen LogP contribution in [0.15, 0.2) is 57.5 Å². The molecule has 2 aromatic rings. The molecule has 0 radical (unpaired) electrons. The van der Waals surface area contributed by atoms with Crippen LogP contribution in [0.5, 0.6) is 0 Å². The molecule has 5 rings (SSSR count). The van der Waals surface area contributed by atoms with Crippen molar-refractivity contribution in [3.05, 3.63) is 59.6 Å². The van der Waals surface area contributed by atoms with Gasteiger partial charge in [0.1, 0.15) is 17.6 Å². The second-order valence-corrected chi connectivity index (χ2v) is 10.9. The second-order valence-electron chi connectivity index (χ2n) is 9.00. The normalized spacial score (nSPS) is 23.6. The van der Waals surface area contributed by atoms with E-state index in [1.165, 1.54) is 39.7 Å². The largest absolute Gasteiger partial charge is 0.507 e. The summed E-state index contributed by atoms with van der Waals surface area (Å²) in [4.78, 5) is 29.8. The topological polar surface area (TPSA) is 130 Å². The van der Waals surface area contributed by atoms with Gasteiger partial charge in [0.2, 0.25) is 10.0 Å². The van der Waals surface area contributed by atoms with Crippen LogP contribution in [-0.4, -0.2) is 105 Å². The number of carbonyl (C=O) groups is 2. The van der Waals surface area contributed by atoms with Crippen LogP contribution in [-0.2, 0) is 29.1 Å². The fourth-order valence-corrected chi connectivity index (χ4v) is 6.21. The molecule has 3 aliphatic heterocycles. The quantitative estimate of drug-likeness (QED) is 0.317. The zero-order valence-electron chi connectivity index (χ0n) is 20.2. The third kappa shape index (κ3) is 5.07. The molecule has 1 atom stereocenters. The molecule has 4 heterocycles. The summed E-state index contributed by atoms with van der Waals surface area (Å²) in [5.41, 5.74) is 0.134. The highest BCUT2D eigenvalue weighted by atomic mass is 32.2. The van der Waals surface area contributed by atoms with Gasteiger partial charge in [0, 0.05) is 44.8 Å². The summed E-state index contributed by atoms with van der Waals surface area (Å²) >= 11 is 0. The molecule has 3 aliphatic rings. The molecule has 0 saturated carbocycles. The third-order valence-electron chi connectivity index (χ3n) is 6.85. The fourth-order valence-electron chi connectivity index (χ4n) is 4.80. The number of nitrogens with zero attached hydrogens (tertiary/aromatic N) is 3. The van der Waals surface area contributed by atoms with E-state index in [1.807, 2.05) is 0 Å². The van der Waals surface area contributed by atoms with Crippen LogP contribution in [0.4, 0.5) is 0 Å². The summed E-state index contributed by atoms with van der Waals surface area (Å²) in [6.07, 6.45) is 1.45. The number of amides is 1. The molecule has 3 saturated heterocycles. The van der Waals surface area contributed by atoms with Crippen molar-refractivity contribution in [2.24, 2.45) is 0 Å². The lowest BCUT2D eigenvalue weighted by Crippen LogP contribution is -2.42. The van der Waals surface area contributed by atoms with Crippen molar-refractivity contribution in [2.45, 2.75) is 10.9 Å². The number of aliphatic hydroxyl groups is 1. The smallest absolute Gasteiger partial charge is 0.295 e. The predicted molar refractivity (Wildman–Crippen MR) is 131 cm³/mol. The summed E-state index contributed by atoms with van der Waals surface area (Å²) in [5.74, 6) is -1.56. The number of carbonyl (C=O) groups excluding carboxylic acids is 2. The Balaban J connectivity index is 1.44. The molecular weight excluding hydrogens is 502 g/mol. The maximum Gasteiger partial charge on any atom is 0.295 e. The summed E-state index contributed by atoms with van der Waals surface area (Å²) in [6.45, 7) is 4.68. The number of morpholine rings is 2. The minimum absolute atomic E-state index is 0.0690. The van der Waals surface area contributed by atoms with Gasteiger partial charge in [-0.15, -0.1) is 0 Å². The number of likely N-dealkylation sites (tertiary alicyclic amines) is 1. The molecule has 3 fully saturated rings. The van der Waals surface area contributed by atoms with Gasteiger partial charge >= 0.3 is 0 Å². The minimum atomic E-state index is -3.72. The molecule has 0 unspecified atom stereocenters. The Bertz CT molecular complexity index is 1260. The maximum absolute atomic E-state index is 13.1. The summed E-state index contributed by atoms with van der Waals surface area (Å²) in [7, 11) is -3.72. The highest BCUT2D eigenvalue weighted by Gasteiger charge is 2.47. The lowest BCUT2D eigenvalue weighted by molar-refractivity contribution is -0.140. The standard InChI is InChI=1S/C25H29N3O8S/c29-23(18-3-5-19(6-4-18)37(32,33)27-11-16-35-17-12-27)21-22(20-2-1-13-36-20)28(25(31)24(21)30)8-7-26-9-14-34-15-10-26/h1-6,13,22,29H,7-12,14-17H2/b23-21+/t22-/m0/s1. The van der Waals surface area contributed by atoms with Crippen molar-refractivity contribution in [1.29, 1.82) is 0 Å². The van der Waals surface area contributed by atoms with E-state index < -0.39 is 27.8 Å². The van der Waals surface area contributed by atoms with Crippen molar-refractivity contribution in [1.82, 2.24) is 14.1 Å². The molecule has 37 heavy (non-hydrogen) atoms. The predicted octanol–water partition coefficient (Wildman–Crippen LogP) is 1.05. The molecule has 1 aromatic heterocycles. The first-order valence-electron chi connectivity index (χ1n) is 12.2. The molecule has 1 aromatic carbocycles. The molecule has 198 valence electrons. The van der Waals surface area contributed by atoms with E-state index in [-0.39, 0.29) is 41.4 Å². The number of furan rings is 1. The van der Waals surface area contributed by atoms with E-state index in [1.54, 1.807) is 12.1 Å². The van der Waals surface area contributed by atoms with Gasteiger partial charge in [0.15, 0.2) is 0 Å². The zero-order valence-corrected chi connectivity index (χ0v) is 21.1. The van der Waals surface area contributed by atoms with Crippen LogP contribution in [0, 0.1) is 0 Å². The number of aliphatic hydroxyl groups excluding tert-OH is 1. The SMILES string of the molecule is O=C1C(=O)N(CCN2CCOCC2)[C@@H](c2ccco2)/C1=C(\O)c1ccc(S(=O)(=O)N2CCOCC2)cc1. The molecule has 0 bridgehead atoms. The van der Waals surface area contributed by atoms with Gasteiger partial charge in [-0.25, -0.2) is 8.42 Å². The Hall–Kier alpha value is -3.03. The first kappa shape index (κ1) is 25.6. The van der Waals surface area contributed by atoms with Gasteiger partial charge in [0.05, 0.1) is 43.2 Å². The van der Waals surface area contributed by atoms with E-state index in [4.69, 9.17) is 13.9 Å². The van der Waals surface area contributed by atoms with Crippen LogP contribution < -0.4 is 0 Å². The number of sulfonamides is 1. The first-order valence-corrected chi connectivity index (χ1v) is 13.6. The van der Waals surface area contributed by atoms with Crippen molar-refractivity contribution in [3.8, 4) is 0 Å². The molecule has 0 spiro atoms. The molecule has 11 nitrogen and oxygen atoms in total. The van der Waals surface area contributed by atoms with Gasteiger partial charge in [-0.2, -0.15) is 4.31 Å². The summed E-state index contributed by atoms with van der Waals surface area (Å²) in [5, 5.41) is 11.2. The van der Waals surface area contributed by atoms with Crippen LogP contribution in [0.1, 0.15) is 17.4 Å². The van der Waals surface area contributed by atoms with Crippen LogP contribution in [0.2, 0.25) is 0 Å². The number of hydrogen-bond donors (Lipinski definition) is 1. The average molecular weight is 532 g/mol. The van der Waals surface area contributed by atoms with E-state index in [9.17, 15) is 23.1 Å². The summed E-state index contributed by atoms with van der Waals surface area (Å²) < 4.78 is 43.4. The van der Waals surface area contributed by atoms with Crippen LogP contribution >= 0.6 is 0 Å². The maximum atomic E-state index is 13.1. The molecule has 12 heteroatoms. The number of Topliss-reactive ketones (excluding diaryl/α,β-unsaturated/α-hetero) is 1. The number of ketones is 1. The van der Waals surface area contributed by atoms with E-state index in [2.05, 4.69) is 4.90 Å². The Morgan fingerprint density at radius 3 is 2.19 bits per heavy atom. The highest BCUT2D eigenvalue weighted by Crippen LogP contribution is 2.39. The van der Waals surface area contributed by atoms with Crippen molar-refractivity contribution in [2.75, 3.05) is 65.7 Å². The molecule has 1 N–H and O–H groups in total. The van der Waals surface area contributed by atoms with Crippen molar-refractivity contribution >= 4 is 27.5 Å². The Morgan fingerprint density at radius 2 is 1.57 bits per heavy atom. The minimum Gasteiger partial charge on any atom is -0.507 e. The van der Waals surface area contributed by atoms with Crippen LogP contribution in [0.25, 0.3) is 5.76 Å². The van der Waals surface area contributed by atoms with Gasteiger partial charge in [0.25, 0.3) is 11.7 Å². The first-order chi connectivity index (χ1) is 17.9. The number of benzene rings is 1. The zero-order chi connectivity index (χ0) is 26.0. The lowest BCUT2D eigenvalue weighted by atomic mass is 9.99. The van der Waals surface area contributed by atoms with E-state index in [0.29, 0.717) is 38.7 Å². The molecular formula is C25H29N3O8S. The van der Waals surface area contributed by atoms with Gasteiger partial charge in [-0.1, -0.05) is 0 Å². The van der Waals surface area contributed by atoms with E-state index >= 15 is 0 Å². The lowest BCUT2D eigenvalue weighted by Gasteiger charge is -2.30. The van der Waals surface area contributed by atoms with Gasteiger partial charge in [-0.05, 0) is 36.4 Å². The highest BCUT2D eigenvalue weighted by molar-refractivity contribution is 7.89. The second kappa shape index (κ2) is 10.8. The monoisotopic (exact) mass is 531 g/mol. The summed E-state index contributed by atoms with van der Waals surface area (Å²) in [6, 6.07) is 8.05. The molecule has 1 amide bonds. The van der Waals surface area contributed by atoms with Crippen molar-refractivity contribution in [3.63, 3.8) is 0 Å². The average Bonchev–Trinajstić information content (AvgIpc) is 3.55. The number of ether oxygens (including phenoxy) is 2. The number of rotatable bonds is 7. The van der Waals surface area contributed by atoms with Gasteiger partial charge < -0.3 is 23.9 Å². The van der Waals surface area contributed by atoms with Crippen LogP contribution in [0.3, 0.4) is 0 Å². The van der Waals surface area contributed by atoms with Gasteiger partial charge in [-0.3, -0.25) is 14.5 Å². The van der Waals surface area contributed by atoms with E-state index in [0.717, 1.165) is 13.1 Å². The fraction of sp³-hybridized carbons (Fsp3) is 0.440. The molecule has 0 aliphatic carbocycles. The third-order valence-corrected chi connectivity index (χ3v) is 8.76. The Morgan fingerprint density at radius 1 is 0.919 bits per heavy atom. The Labute approximate surface area is 214 Å². The number of hydrogen-bond acceptors (Lipinski definition) is 9.